The minimum absolute atomic E-state index is 0.0293. The van der Waals surface area contributed by atoms with Crippen LogP contribution in [0.15, 0.2) is 36.8 Å². The van der Waals surface area contributed by atoms with Crippen LogP contribution < -0.4 is 5.73 Å². The van der Waals surface area contributed by atoms with E-state index in [1.165, 1.54) is 32.1 Å². The molecule has 2 aromatic heterocycles. The molecule has 1 aliphatic rings. The van der Waals surface area contributed by atoms with Crippen LogP contribution in [0, 0.1) is 0 Å². The maximum absolute atomic E-state index is 6.23. The predicted molar refractivity (Wildman–Crippen MR) is 79.2 cm³/mol. The van der Waals surface area contributed by atoms with Crippen molar-refractivity contribution >= 4 is 0 Å². The summed E-state index contributed by atoms with van der Waals surface area (Å²) in [7, 11) is 0. The summed E-state index contributed by atoms with van der Waals surface area (Å²) < 4.78 is 2.14. The molecule has 1 saturated carbocycles. The number of pyridine rings is 1. The minimum Gasteiger partial charge on any atom is -0.324 e. The second-order valence-electron chi connectivity index (χ2n) is 5.68. The Morgan fingerprint density at radius 2 is 2.10 bits per heavy atom. The van der Waals surface area contributed by atoms with Gasteiger partial charge >= 0.3 is 0 Å². The van der Waals surface area contributed by atoms with E-state index in [0.29, 0.717) is 6.04 Å². The molecule has 0 bridgehead atoms. The lowest BCUT2D eigenvalue weighted by Crippen LogP contribution is -2.16. The molecule has 4 nitrogen and oxygen atoms in total. The average molecular weight is 270 g/mol. The zero-order chi connectivity index (χ0) is 13.8. The molecule has 2 N–H and O–H groups in total. The molecular formula is C16H22N4. The average Bonchev–Trinajstić information content (AvgIpc) is 2.97. The highest BCUT2D eigenvalue weighted by atomic mass is 15.3. The molecule has 0 aromatic carbocycles. The van der Waals surface area contributed by atoms with Crippen LogP contribution in [-0.2, 0) is 6.42 Å². The Hall–Kier alpha value is -1.68. The summed E-state index contributed by atoms with van der Waals surface area (Å²) in [5.74, 6) is 0. The van der Waals surface area contributed by atoms with Gasteiger partial charge in [0.1, 0.15) is 0 Å². The predicted octanol–water partition coefficient (Wildman–Crippen LogP) is 3.03. The largest absolute Gasteiger partial charge is 0.324 e. The van der Waals surface area contributed by atoms with Gasteiger partial charge < -0.3 is 5.73 Å². The number of nitrogens with two attached hydrogens (primary N) is 1. The molecule has 0 radical (unpaired) electrons. The van der Waals surface area contributed by atoms with Gasteiger partial charge in [-0.1, -0.05) is 25.3 Å². The zero-order valence-electron chi connectivity index (χ0n) is 11.8. The van der Waals surface area contributed by atoms with E-state index < -0.39 is 0 Å². The Balaban J connectivity index is 1.65. The highest BCUT2D eigenvalue weighted by Gasteiger charge is 2.16. The number of hydrogen-bond donors (Lipinski definition) is 1. The Kier molecular flexibility index (Phi) is 4.11. The molecule has 0 amide bonds. The lowest BCUT2D eigenvalue weighted by Gasteiger charge is -2.21. The van der Waals surface area contributed by atoms with Crippen LogP contribution in [0.4, 0.5) is 0 Å². The maximum atomic E-state index is 6.23. The lowest BCUT2D eigenvalue weighted by molar-refractivity contribution is 0.328. The van der Waals surface area contributed by atoms with Gasteiger partial charge in [0.25, 0.3) is 0 Å². The molecule has 1 aliphatic carbocycles. The fourth-order valence-electron chi connectivity index (χ4n) is 2.97. The van der Waals surface area contributed by atoms with E-state index in [1.807, 2.05) is 18.3 Å². The first-order valence-corrected chi connectivity index (χ1v) is 7.52. The number of rotatable bonds is 4. The van der Waals surface area contributed by atoms with Crippen molar-refractivity contribution < 1.29 is 0 Å². The van der Waals surface area contributed by atoms with Crippen LogP contribution in [0.3, 0.4) is 0 Å². The summed E-state index contributed by atoms with van der Waals surface area (Å²) in [6, 6.07) is 6.61. The summed E-state index contributed by atoms with van der Waals surface area (Å²) in [6.45, 7) is 0. The third kappa shape index (κ3) is 3.07. The first kappa shape index (κ1) is 13.3. The van der Waals surface area contributed by atoms with Crippen LogP contribution in [0.1, 0.15) is 55.4 Å². The molecule has 0 aliphatic heterocycles. The van der Waals surface area contributed by atoms with Crippen LogP contribution in [-0.4, -0.2) is 14.8 Å². The molecule has 3 rings (SSSR count). The molecule has 1 unspecified atom stereocenters. The van der Waals surface area contributed by atoms with Gasteiger partial charge in [-0.3, -0.25) is 9.67 Å². The lowest BCUT2D eigenvalue weighted by atomic mass is 9.96. The van der Waals surface area contributed by atoms with Gasteiger partial charge in [-0.15, -0.1) is 0 Å². The molecule has 1 fully saturated rings. The van der Waals surface area contributed by atoms with E-state index in [1.54, 1.807) is 6.20 Å². The Morgan fingerprint density at radius 3 is 2.85 bits per heavy atom. The zero-order valence-corrected chi connectivity index (χ0v) is 11.8. The van der Waals surface area contributed by atoms with E-state index in [4.69, 9.17) is 10.8 Å². The van der Waals surface area contributed by atoms with Crippen LogP contribution in [0.5, 0.6) is 0 Å². The van der Waals surface area contributed by atoms with Gasteiger partial charge in [0.2, 0.25) is 0 Å². The molecule has 0 spiro atoms. The minimum atomic E-state index is -0.0293. The van der Waals surface area contributed by atoms with Crippen molar-refractivity contribution in [2.75, 3.05) is 0 Å². The Morgan fingerprint density at radius 1 is 1.25 bits per heavy atom. The maximum Gasteiger partial charge on any atom is 0.0643 e. The monoisotopic (exact) mass is 270 g/mol. The van der Waals surface area contributed by atoms with Crippen molar-refractivity contribution in [3.05, 3.63) is 48.0 Å². The fraction of sp³-hybridized carbons (Fsp3) is 0.500. The van der Waals surface area contributed by atoms with E-state index in [0.717, 1.165) is 17.7 Å². The second kappa shape index (κ2) is 6.18. The third-order valence-corrected chi connectivity index (χ3v) is 4.15. The van der Waals surface area contributed by atoms with Gasteiger partial charge in [-0.05, 0) is 30.5 Å². The van der Waals surface area contributed by atoms with Gasteiger partial charge in [-0.25, -0.2) is 0 Å². The molecule has 2 aromatic rings. The normalized spacial score (nSPS) is 18.1. The number of aromatic nitrogens is 3. The molecular weight excluding hydrogens is 248 g/mol. The number of nitrogens with zero attached hydrogens (tertiary/aromatic N) is 3. The molecule has 4 heteroatoms. The summed E-state index contributed by atoms with van der Waals surface area (Å²) in [4.78, 5) is 4.12. The third-order valence-electron chi connectivity index (χ3n) is 4.15. The van der Waals surface area contributed by atoms with Crippen molar-refractivity contribution in [2.24, 2.45) is 5.73 Å². The van der Waals surface area contributed by atoms with Crippen molar-refractivity contribution in [3.8, 4) is 0 Å². The van der Waals surface area contributed by atoms with Gasteiger partial charge in [0, 0.05) is 31.1 Å². The molecule has 20 heavy (non-hydrogen) atoms. The SMILES string of the molecule is NC(Cc1ccn(C2CCCCC2)n1)c1cccnc1. The standard InChI is InChI=1S/C16H22N4/c17-16(13-5-4-9-18-12-13)11-14-8-10-20(19-14)15-6-2-1-3-7-15/h4-5,8-10,12,15-16H,1-3,6-7,11,17H2. The molecule has 106 valence electrons. The molecule has 0 saturated heterocycles. The topological polar surface area (TPSA) is 56.7 Å². The first-order valence-electron chi connectivity index (χ1n) is 7.52. The van der Waals surface area contributed by atoms with Crippen molar-refractivity contribution in [1.82, 2.24) is 14.8 Å². The van der Waals surface area contributed by atoms with E-state index >= 15 is 0 Å². The van der Waals surface area contributed by atoms with Gasteiger partial charge in [-0.2, -0.15) is 5.10 Å². The quantitative estimate of drug-likeness (QED) is 0.929. The first-order chi connectivity index (χ1) is 9.83. The summed E-state index contributed by atoms with van der Waals surface area (Å²) in [6.07, 6.45) is 13.0. The van der Waals surface area contributed by atoms with Crippen LogP contribution in [0.25, 0.3) is 0 Å². The Bertz CT molecular complexity index is 528. The van der Waals surface area contributed by atoms with Crippen LogP contribution in [0.2, 0.25) is 0 Å². The highest BCUT2D eigenvalue weighted by Crippen LogP contribution is 2.27. The summed E-state index contributed by atoms with van der Waals surface area (Å²) >= 11 is 0. The summed E-state index contributed by atoms with van der Waals surface area (Å²) in [5.41, 5.74) is 8.37. The summed E-state index contributed by atoms with van der Waals surface area (Å²) in [5, 5.41) is 4.72. The van der Waals surface area contributed by atoms with E-state index in [2.05, 4.69) is 21.9 Å². The van der Waals surface area contributed by atoms with Crippen molar-refractivity contribution in [3.63, 3.8) is 0 Å². The fourth-order valence-corrected chi connectivity index (χ4v) is 2.97. The van der Waals surface area contributed by atoms with Gasteiger partial charge in [0.15, 0.2) is 0 Å². The highest BCUT2D eigenvalue weighted by molar-refractivity contribution is 5.16. The van der Waals surface area contributed by atoms with Crippen molar-refractivity contribution in [1.29, 1.82) is 0 Å². The number of hydrogen-bond acceptors (Lipinski definition) is 3. The second-order valence-corrected chi connectivity index (χ2v) is 5.68. The van der Waals surface area contributed by atoms with Crippen molar-refractivity contribution in [2.45, 2.75) is 50.6 Å². The van der Waals surface area contributed by atoms with E-state index in [-0.39, 0.29) is 6.04 Å². The van der Waals surface area contributed by atoms with Gasteiger partial charge in [0.05, 0.1) is 11.7 Å². The van der Waals surface area contributed by atoms with Crippen LogP contribution >= 0.6 is 0 Å². The molecule has 2 heterocycles. The Labute approximate surface area is 120 Å². The smallest absolute Gasteiger partial charge is 0.0643 e. The van der Waals surface area contributed by atoms with E-state index in [9.17, 15) is 0 Å². The molecule has 1 atom stereocenters.